The van der Waals surface area contributed by atoms with Gasteiger partial charge in [-0.3, -0.25) is 9.59 Å². The van der Waals surface area contributed by atoms with Crippen LogP contribution < -0.4 is 5.32 Å². The fourth-order valence-corrected chi connectivity index (χ4v) is 5.86. The van der Waals surface area contributed by atoms with Crippen LogP contribution in [0.1, 0.15) is 57.7 Å². The van der Waals surface area contributed by atoms with Crippen LogP contribution in [0.4, 0.5) is 4.39 Å². The van der Waals surface area contributed by atoms with E-state index in [0.717, 1.165) is 35.0 Å². The maximum Gasteiger partial charge on any atom is 0.248 e. The van der Waals surface area contributed by atoms with Crippen molar-refractivity contribution in [2.24, 2.45) is 5.41 Å². The molecule has 38 heavy (non-hydrogen) atoms. The number of nitrogens with zero attached hydrogens (tertiary/aromatic N) is 5. The molecule has 2 amide bonds. The van der Waals surface area contributed by atoms with Crippen molar-refractivity contribution in [3.8, 4) is 0 Å². The molecule has 2 heterocycles. The van der Waals surface area contributed by atoms with Crippen LogP contribution in [0.3, 0.4) is 0 Å². The summed E-state index contributed by atoms with van der Waals surface area (Å²) in [6.07, 6.45) is 3.10. The monoisotopic (exact) mass is 550 g/mol. The zero-order chi connectivity index (χ0) is 27.8. The lowest BCUT2D eigenvalue weighted by Crippen LogP contribution is -2.51. The molecule has 2 aromatic rings. The molecule has 13 heteroatoms. The van der Waals surface area contributed by atoms with Crippen LogP contribution in [0.2, 0.25) is 0 Å². The molecule has 1 saturated heterocycles. The van der Waals surface area contributed by atoms with Gasteiger partial charge >= 0.3 is 0 Å². The number of hydrogen-bond acceptors (Lipinski definition) is 7. The number of aliphatic hydroxyl groups excluding tert-OH is 1. The third-order valence-corrected chi connectivity index (χ3v) is 8.83. The number of likely N-dealkylation sites (tertiary alicyclic amines) is 1. The van der Waals surface area contributed by atoms with Gasteiger partial charge in [0.15, 0.2) is 0 Å². The van der Waals surface area contributed by atoms with E-state index < -0.39 is 45.4 Å². The molecule has 0 bridgehead atoms. The highest BCUT2D eigenvalue weighted by molar-refractivity contribution is 7.89. The zero-order valence-electron chi connectivity index (χ0n) is 22.0. The fraction of sp³-hybridized carbons (Fsp3) is 0.600. The molecular weight excluding hydrogens is 515 g/mol. The number of carbonyl (C=O) groups is 2. The maximum atomic E-state index is 13.8. The van der Waals surface area contributed by atoms with Crippen molar-refractivity contribution in [3.63, 3.8) is 0 Å². The Hall–Kier alpha value is -2.90. The Bertz CT molecular complexity index is 1270. The summed E-state index contributed by atoms with van der Waals surface area (Å²) in [6.45, 7) is 5.68. The molecule has 2 aliphatic rings. The Morgan fingerprint density at radius 3 is 2.50 bits per heavy atom. The summed E-state index contributed by atoms with van der Waals surface area (Å²) >= 11 is 0. The van der Waals surface area contributed by atoms with Gasteiger partial charge in [-0.2, -0.15) is 4.31 Å². The van der Waals surface area contributed by atoms with Gasteiger partial charge < -0.3 is 15.3 Å². The Morgan fingerprint density at radius 2 is 1.89 bits per heavy atom. The minimum absolute atomic E-state index is 0.00648. The van der Waals surface area contributed by atoms with Crippen molar-refractivity contribution in [2.75, 3.05) is 26.7 Å². The predicted molar refractivity (Wildman–Crippen MR) is 136 cm³/mol. The molecule has 3 atom stereocenters. The standard InChI is InChI=1S/C25H35FN6O5S/c1-25(2,3)22(32-15-20(28-29-32)16-5-6-16)24(35)31-14-18(33)13-21(31)23(34)27-11-12-30(4)38(36,37)19-9-7-17(26)8-10-19/h7-10,15-16,18,21-22,33H,5-6,11-14H2,1-4H3,(H,27,34)/t18-,21+,22-/m1/s1. The van der Waals surface area contributed by atoms with E-state index in [1.165, 1.54) is 24.1 Å². The molecule has 4 rings (SSSR count). The van der Waals surface area contributed by atoms with Crippen molar-refractivity contribution in [1.29, 1.82) is 0 Å². The van der Waals surface area contributed by atoms with E-state index in [2.05, 4.69) is 15.6 Å². The average molecular weight is 551 g/mol. The van der Waals surface area contributed by atoms with Gasteiger partial charge in [-0.1, -0.05) is 26.0 Å². The van der Waals surface area contributed by atoms with E-state index in [4.69, 9.17) is 0 Å². The Balaban J connectivity index is 1.42. The van der Waals surface area contributed by atoms with E-state index in [-0.39, 0.29) is 36.9 Å². The number of carbonyl (C=O) groups excluding carboxylic acids is 2. The molecule has 1 saturated carbocycles. The number of nitrogens with one attached hydrogen (secondary N) is 1. The van der Waals surface area contributed by atoms with Crippen molar-refractivity contribution in [1.82, 2.24) is 29.5 Å². The molecule has 1 aliphatic heterocycles. The average Bonchev–Trinajstić information content (AvgIpc) is 3.45. The highest BCUT2D eigenvalue weighted by Crippen LogP contribution is 2.40. The number of likely N-dealkylation sites (N-methyl/N-ethyl adjacent to an activating group) is 1. The lowest BCUT2D eigenvalue weighted by Gasteiger charge is -2.34. The number of benzene rings is 1. The van der Waals surface area contributed by atoms with E-state index in [9.17, 15) is 27.5 Å². The molecular formula is C25H35FN6O5S. The minimum Gasteiger partial charge on any atom is -0.391 e. The summed E-state index contributed by atoms with van der Waals surface area (Å²) in [5.74, 6) is -0.987. The fourth-order valence-electron chi connectivity index (χ4n) is 4.69. The van der Waals surface area contributed by atoms with Gasteiger partial charge in [0.25, 0.3) is 0 Å². The Labute approximate surface area is 222 Å². The highest BCUT2D eigenvalue weighted by atomic mass is 32.2. The third kappa shape index (κ3) is 6.05. The summed E-state index contributed by atoms with van der Waals surface area (Å²) in [6, 6.07) is 2.85. The SMILES string of the molecule is CN(CCNC(=O)[C@@H]1C[C@@H](O)CN1C(=O)[C@@H](n1cc(C2CC2)nn1)C(C)(C)C)S(=O)(=O)c1ccc(F)cc1. The van der Waals surface area contributed by atoms with Crippen LogP contribution in [0.5, 0.6) is 0 Å². The summed E-state index contributed by atoms with van der Waals surface area (Å²) < 4.78 is 41.2. The molecule has 0 radical (unpaired) electrons. The zero-order valence-corrected chi connectivity index (χ0v) is 22.9. The molecule has 1 aliphatic carbocycles. The van der Waals surface area contributed by atoms with Gasteiger partial charge in [-0.05, 0) is 42.5 Å². The van der Waals surface area contributed by atoms with E-state index in [1.54, 1.807) is 10.9 Å². The number of hydrogen-bond donors (Lipinski definition) is 2. The number of aromatic nitrogens is 3. The first-order valence-corrected chi connectivity index (χ1v) is 14.1. The van der Waals surface area contributed by atoms with Gasteiger partial charge in [-0.15, -0.1) is 5.10 Å². The summed E-state index contributed by atoms with van der Waals surface area (Å²) in [4.78, 5) is 28.2. The molecule has 11 nitrogen and oxygen atoms in total. The van der Waals surface area contributed by atoms with E-state index in [0.29, 0.717) is 5.92 Å². The quantitative estimate of drug-likeness (QED) is 0.480. The lowest BCUT2D eigenvalue weighted by atomic mass is 9.85. The second-order valence-electron chi connectivity index (χ2n) is 11.1. The van der Waals surface area contributed by atoms with Gasteiger partial charge in [0, 0.05) is 45.2 Å². The van der Waals surface area contributed by atoms with Gasteiger partial charge in [-0.25, -0.2) is 17.5 Å². The number of amides is 2. The molecule has 0 unspecified atom stereocenters. The topological polar surface area (TPSA) is 138 Å². The van der Waals surface area contributed by atoms with E-state index >= 15 is 0 Å². The Kier molecular flexibility index (Phi) is 7.91. The number of sulfonamides is 1. The number of aliphatic hydroxyl groups is 1. The third-order valence-electron chi connectivity index (χ3n) is 6.95. The predicted octanol–water partition coefficient (Wildman–Crippen LogP) is 1.28. The van der Waals surface area contributed by atoms with Crippen molar-refractivity contribution >= 4 is 21.8 Å². The van der Waals surface area contributed by atoms with E-state index in [1.807, 2.05) is 20.8 Å². The summed E-state index contributed by atoms with van der Waals surface area (Å²) in [5.41, 5.74) is 0.305. The number of β-amino-alcohol motifs (C(OH)–C–C–N with tert-alkyl or cyclic N) is 1. The van der Waals surface area contributed by atoms with Crippen molar-refractivity contribution in [2.45, 2.75) is 69.0 Å². The van der Waals surface area contributed by atoms with Crippen LogP contribution in [-0.2, 0) is 19.6 Å². The molecule has 0 spiro atoms. The molecule has 1 aromatic carbocycles. The molecule has 1 aromatic heterocycles. The lowest BCUT2D eigenvalue weighted by molar-refractivity contribution is -0.144. The van der Waals surface area contributed by atoms with Crippen LogP contribution >= 0.6 is 0 Å². The second kappa shape index (κ2) is 10.7. The van der Waals surface area contributed by atoms with Gasteiger partial charge in [0.1, 0.15) is 17.9 Å². The summed E-state index contributed by atoms with van der Waals surface area (Å²) in [5, 5.41) is 21.5. The van der Waals surface area contributed by atoms with Crippen LogP contribution in [0.15, 0.2) is 35.4 Å². The smallest absolute Gasteiger partial charge is 0.248 e. The number of rotatable bonds is 9. The molecule has 2 N–H and O–H groups in total. The second-order valence-corrected chi connectivity index (χ2v) is 13.2. The molecule has 208 valence electrons. The highest BCUT2D eigenvalue weighted by Gasteiger charge is 2.45. The largest absolute Gasteiger partial charge is 0.391 e. The number of halogens is 1. The molecule has 2 fully saturated rings. The first-order valence-electron chi connectivity index (χ1n) is 12.7. The normalized spacial score (nSPS) is 21.1. The van der Waals surface area contributed by atoms with Crippen molar-refractivity contribution in [3.05, 3.63) is 42.0 Å². The first-order chi connectivity index (χ1) is 17.8. The van der Waals surface area contributed by atoms with Crippen LogP contribution in [-0.4, -0.2) is 88.4 Å². The minimum atomic E-state index is -3.87. The van der Waals surface area contributed by atoms with Crippen LogP contribution in [0.25, 0.3) is 0 Å². The van der Waals surface area contributed by atoms with Gasteiger partial charge in [0.2, 0.25) is 21.8 Å². The van der Waals surface area contributed by atoms with Gasteiger partial charge in [0.05, 0.1) is 16.7 Å². The Morgan fingerprint density at radius 1 is 1.24 bits per heavy atom. The van der Waals surface area contributed by atoms with Crippen molar-refractivity contribution < 1.29 is 27.5 Å². The first kappa shape index (κ1) is 28.1. The maximum absolute atomic E-state index is 13.8. The van der Waals surface area contributed by atoms with Crippen LogP contribution in [0, 0.1) is 11.2 Å². The summed E-state index contributed by atoms with van der Waals surface area (Å²) in [7, 11) is -2.51.